The van der Waals surface area contributed by atoms with Gasteiger partial charge in [0.2, 0.25) is 0 Å². The lowest BCUT2D eigenvalue weighted by atomic mass is 9.88. The van der Waals surface area contributed by atoms with Crippen molar-refractivity contribution >= 4 is 0 Å². The molecular weight excluding hydrogens is 182 g/mol. The average Bonchev–Trinajstić information content (AvgIpc) is 2.86. The summed E-state index contributed by atoms with van der Waals surface area (Å²) in [6.45, 7) is 7.18. The van der Waals surface area contributed by atoms with Gasteiger partial charge in [0.25, 0.3) is 0 Å². The Morgan fingerprint density at radius 3 is 2.47 bits per heavy atom. The van der Waals surface area contributed by atoms with Crippen LogP contribution in [0.5, 0.6) is 0 Å². The maximum Gasteiger partial charge on any atom is -0.00176 e. The van der Waals surface area contributed by atoms with Crippen molar-refractivity contribution in [3.63, 3.8) is 0 Å². The van der Waals surface area contributed by atoms with E-state index in [4.69, 9.17) is 0 Å². The van der Waals surface area contributed by atoms with Gasteiger partial charge < -0.3 is 5.32 Å². The van der Waals surface area contributed by atoms with Gasteiger partial charge in [0.05, 0.1) is 0 Å². The first-order valence-corrected chi connectivity index (χ1v) is 7.04. The van der Waals surface area contributed by atoms with Gasteiger partial charge in [-0.3, -0.25) is 0 Å². The second-order valence-corrected chi connectivity index (χ2v) is 5.78. The Morgan fingerprint density at radius 2 is 1.93 bits per heavy atom. The third kappa shape index (κ3) is 2.75. The van der Waals surface area contributed by atoms with E-state index in [9.17, 15) is 0 Å². The summed E-state index contributed by atoms with van der Waals surface area (Å²) in [5.41, 5.74) is 0. The van der Waals surface area contributed by atoms with Gasteiger partial charge in [-0.1, -0.05) is 33.1 Å². The van der Waals surface area contributed by atoms with Crippen LogP contribution in [0.4, 0.5) is 0 Å². The Balaban J connectivity index is 1.62. The van der Waals surface area contributed by atoms with Crippen molar-refractivity contribution in [3.8, 4) is 0 Å². The molecule has 0 heterocycles. The number of hydrogen-bond donors (Lipinski definition) is 1. The van der Waals surface area contributed by atoms with Crippen molar-refractivity contribution in [3.05, 3.63) is 0 Å². The second kappa shape index (κ2) is 5.34. The Labute approximate surface area is 95.0 Å². The third-order valence-electron chi connectivity index (χ3n) is 4.88. The first kappa shape index (κ1) is 11.4. The van der Waals surface area contributed by atoms with E-state index in [1.807, 2.05) is 0 Å². The van der Waals surface area contributed by atoms with E-state index in [0.29, 0.717) is 0 Å². The lowest BCUT2D eigenvalue weighted by molar-refractivity contribution is 0.308. The van der Waals surface area contributed by atoms with Crippen molar-refractivity contribution < 1.29 is 0 Å². The van der Waals surface area contributed by atoms with Crippen LogP contribution in [0.25, 0.3) is 0 Å². The predicted molar refractivity (Wildman–Crippen MR) is 65.9 cm³/mol. The molecular formula is C14H27N. The van der Waals surface area contributed by atoms with Crippen molar-refractivity contribution in [2.75, 3.05) is 13.1 Å². The van der Waals surface area contributed by atoms with Crippen molar-refractivity contribution in [2.24, 2.45) is 23.7 Å². The number of rotatable bonds is 6. The van der Waals surface area contributed by atoms with Gasteiger partial charge in [0, 0.05) is 0 Å². The Hall–Kier alpha value is -0.0400. The summed E-state index contributed by atoms with van der Waals surface area (Å²) in [6, 6.07) is 0. The third-order valence-corrected chi connectivity index (χ3v) is 4.88. The molecule has 1 nitrogen and oxygen atoms in total. The van der Waals surface area contributed by atoms with Gasteiger partial charge >= 0.3 is 0 Å². The van der Waals surface area contributed by atoms with E-state index in [0.717, 1.165) is 23.7 Å². The Morgan fingerprint density at radius 1 is 1.13 bits per heavy atom. The minimum Gasteiger partial charge on any atom is -0.316 e. The van der Waals surface area contributed by atoms with Gasteiger partial charge in [-0.25, -0.2) is 0 Å². The van der Waals surface area contributed by atoms with Crippen LogP contribution in [0.15, 0.2) is 0 Å². The summed E-state index contributed by atoms with van der Waals surface area (Å²) in [6.07, 6.45) is 8.81. The van der Waals surface area contributed by atoms with Crippen molar-refractivity contribution in [1.82, 2.24) is 5.32 Å². The molecule has 0 radical (unpaired) electrons. The minimum absolute atomic E-state index is 0.906. The van der Waals surface area contributed by atoms with Crippen LogP contribution in [0.1, 0.15) is 52.4 Å². The standard InChI is InChI=1S/C14H27N/c1-3-11(4-2)9-15-10-14-8-12-5-6-13(14)7-12/h11-15H,3-10H2,1-2H3. The van der Waals surface area contributed by atoms with E-state index < -0.39 is 0 Å². The van der Waals surface area contributed by atoms with Crippen LogP contribution in [0.3, 0.4) is 0 Å². The number of nitrogens with one attached hydrogen (secondary N) is 1. The first-order valence-electron chi connectivity index (χ1n) is 7.04. The predicted octanol–water partition coefficient (Wildman–Crippen LogP) is 3.45. The van der Waals surface area contributed by atoms with Gasteiger partial charge in [-0.2, -0.15) is 0 Å². The second-order valence-electron chi connectivity index (χ2n) is 5.78. The molecule has 0 spiro atoms. The topological polar surface area (TPSA) is 12.0 Å². The SMILES string of the molecule is CCC(CC)CNCC1CC2CCC1C2. The van der Waals surface area contributed by atoms with Crippen LogP contribution in [0.2, 0.25) is 0 Å². The molecule has 1 heteroatoms. The quantitative estimate of drug-likeness (QED) is 0.706. The maximum absolute atomic E-state index is 3.71. The van der Waals surface area contributed by atoms with Crippen LogP contribution in [0, 0.1) is 23.7 Å². The molecule has 2 rings (SSSR count). The van der Waals surface area contributed by atoms with Gasteiger partial charge in [0.15, 0.2) is 0 Å². The molecule has 0 aromatic rings. The largest absolute Gasteiger partial charge is 0.316 e. The lowest BCUT2D eigenvalue weighted by Gasteiger charge is -2.23. The zero-order valence-electron chi connectivity index (χ0n) is 10.5. The van der Waals surface area contributed by atoms with Crippen LogP contribution < -0.4 is 5.32 Å². The average molecular weight is 209 g/mol. The van der Waals surface area contributed by atoms with Crippen LogP contribution in [-0.4, -0.2) is 13.1 Å². The van der Waals surface area contributed by atoms with E-state index in [1.54, 1.807) is 6.42 Å². The Kier molecular flexibility index (Phi) is 4.07. The highest BCUT2D eigenvalue weighted by Crippen LogP contribution is 2.47. The summed E-state index contributed by atoms with van der Waals surface area (Å²) in [5, 5.41) is 3.71. The maximum atomic E-state index is 3.71. The summed E-state index contributed by atoms with van der Waals surface area (Å²) >= 11 is 0. The minimum atomic E-state index is 0.906. The van der Waals surface area contributed by atoms with E-state index in [1.165, 1.54) is 45.2 Å². The molecule has 15 heavy (non-hydrogen) atoms. The van der Waals surface area contributed by atoms with E-state index >= 15 is 0 Å². The molecule has 2 saturated carbocycles. The summed E-state index contributed by atoms with van der Waals surface area (Å²) in [5.74, 6) is 4.13. The molecule has 88 valence electrons. The molecule has 0 aliphatic heterocycles. The van der Waals surface area contributed by atoms with Gasteiger partial charge in [-0.15, -0.1) is 0 Å². The molecule has 2 aliphatic rings. The molecule has 3 unspecified atom stereocenters. The fraction of sp³-hybridized carbons (Fsp3) is 1.00. The zero-order valence-corrected chi connectivity index (χ0v) is 10.5. The first-order chi connectivity index (χ1) is 7.33. The summed E-state index contributed by atoms with van der Waals surface area (Å²) < 4.78 is 0. The molecule has 2 fully saturated rings. The molecule has 2 bridgehead atoms. The van der Waals surface area contributed by atoms with E-state index in [-0.39, 0.29) is 0 Å². The highest BCUT2D eigenvalue weighted by atomic mass is 14.9. The summed E-state index contributed by atoms with van der Waals surface area (Å²) in [4.78, 5) is 0. The molecule has 3 atom stereocenters. The Bertz CT molecular complexity index is 186. The van der Waals surface area contributed by atoms with Crippen LogP contribution >= 0.6 is 0 Å². The lowest BCUT2D eigenvalue weighted by Crippen LogP contribution is -2.30. The number of fused-ring (bicyclic) bond motifs is 2. The highest BCUT2D eigenvalue weighted by Gasteiger charge is 2.38. The van der Waals surface area contributed by atoms with Crippen LogP contribution in [-0.2, 0) is 0 Å². The fourth-order valence-electron chi connectivity index (χ4n) is 3.68. The van der Waals surface area contributed by atoms with E-state index in [2.05, 4.69) is 19.2 Å². The smallest absolute Gasteiger partial charge is 0.00176 e. The monoisotopic (exact) mass is 209 g/mol. The molecule has 0 amide bonds. The zero-order chi connectivity index (χ0) is 10.7. The molecule has 2 aliphatic carbocycles. The van der Waals surface area contributed by atoms with Gasteiger partial charge in [0.1, 0.15) is 0 Å². The molecule has 1 N–H and O–H groups in total. The summed E-state index contributed by atoms with van der Waals surface area (Å²) in [7, 11) is 0. The molecule has 0 saturated heterocycles. The number of hydrogen-bond acceptors (Lipinski definition) is 1. The van der Waals surface area contributed by atoms with Crippen molar-refractivity contribution in [1.29, 1.82) is 0 Å². The van der Waals surface area contributed by atoms with Gasteiger partial charge in [-0.05, 0) is 56.0 Å². The molecule has 0 aromatic carbocycles. The van der Waals surface area contributed by atoms with Crippen molar-refractivity contribution in [2.45, 2.75) is 52.4 Å². The normalized spacial score (nSPS) is 34.2. The highest BCUT2D eigenvalue weighted by molar-refractivity contribution is 4.90. The molecule has 0 aromatic heterocycles. The fourth-order valence-corrected chi connectivity index (χ4v) is 3.68.